The third-order valence-electron chi connectivity index (χ3n) is 4.11. The summed E-state index contributed by atoms with van der Waals surface area (Å²) in [5, 5.41) is 0.986. The molecule has 0 bridgehead atoms. The maximum absolute atomic E-state index is 13.0. The number of rotatable bonds is 4. The van der Waals surface area contributed by atoms with E-state index in [0.717, 1.165) is 39.9 Å². The summed E-state index contributed by atoms with van der Waals surface area (Å²) >= 11 is 0. The highest BCUT2D eigenvalue weighted by molar-refractivity contribution is 7.87. The Morgan fingerprint density at radius 2 is 2.08 bits per heavy atom. The SMILES string of the molecule is Nc1ncc(Cc2cn(S(=O)C3=CC=CCC3)c3ncccc23)cn1. The molecule has 3 heterocycles. The van der Waals surface area contributed by atoms with Crippen LogP contribution in [-0.2, 0) is 17.4 Å². The molecule has 1 aliphatic rings. The van der Waals surface area contributed by atoms with Gasteiger partial charge in [0.1, 0.15) is 0 Å². The Morgan fingerprint density at radius 1 is 1.24 bits per heavy atom. The van der Waals surface area contributed by atoms with Gasteiger partial charge in [0.05, 0.1) is 0 Å². The summed E-state index contributed by atoms with van der Waals surface area (Å²) < 4.78 is 14.8. The second kappa shape index (κ2) is 6.60. The normalized spacial score (nSPS) is 15.3. The summed E-state index contributed by atoms with van der Waals surface area (Å²) in [5.74, 6) is 0.256. The lowest BCUT2D eigenvalue weighted by Crippen LogP contribution is -2.07. The van der Waals surface area contributed by atoms with Crippen molar-refractivity contribution in [1.29, 1.82) is 0 Å². The zero-order valence-corrected chi connectivity index (χ0v) is 14.3. The van der Waals surface area contributed by atoms with Gasteiger partial charge in [0, 0.05) is 41.5 Å². The van der Waals surface area contributed by atoms with Gasteiger partial charge in [-0.15, -0.1) is 0 Å². The summed E-state index contributed by atoms with van der Waals surface area (Å²) in [6.45, 7) is 0. The summed E-state index contributed by atoms with van der Waals surface area (Å²) in [7, 11) is -1.27. The minimum atomic E-state index is -1.27. The Bertz CT molecular complexity index is 1000. The van der Waals surface area contributed by atoms with Gasteiger partial charge in [-0.1, -0.05) is 12.2 Å². The predicted molar refractivity (Wildman–Crippen MR) is 99.0 cm³/mol. The minimum Gasteiger partial charge on any atom is -0.368 e. The van der Waals surface area contributed by atoms with Crippen LogP contribution in [0.4, 0.5) is 5.95 Å². The molecule has 3 aromatic heterocycles. The fourth-order valence-corrected chi connectivity index (χ4v) is 4.16. The highest BCUT2D eigenvalue weighted by Gasteiger charge is 2.17. The van der Waals surface area contributed by atoms with E-state index in [1.807, 2.05) is 30.5 Å². The van der Waals surface area contributed by atoms with Gasteiger partial charge in [0.2, 0.25) is 5.95 Å². The number of nitrogens with zero attached hydrogens (tertiary/aromatic N) is 4. The van der Waals surface area contributed by atoms with Crippen LogP contribution in [0, 0.1) is 0 Å². The van der Waals surface area contributed by atoms with E-state index < -0.39 is 11.0 Å². The predicted octanol–water partition coefficient (Wildman–Crippen LogP) is 2.75. The van der Waals surface area contributed by atoms with Crippen LogP contribution in [0.5, 0.6) is 0 Å². The van der Waals surface area contributed by atoms with Gasteiger partial charge in [-0.2, -0.15) is 0 Å². The summed E-state index contributed by atoms with van der Waals surface area (Å²) in [6.07, 6.45) is 15.4. The first kappa shape index (κ1) is 15.7. The molecule has 0 fully saturated rings. The number of hydrogen-bond acceptors (Lipinski definition) is 5. The van der Waals surface area contributed by atoms with Crippen LogP contribution in [0.15, 0.2) is 60.1 Å². The molecule has 0 amide bonds. The number of allylic oxidation sites excluding steroid dienone is 4. The minimum absolute atomic E-state index is 0.256. The van der Waals surface area contributed by atoms with Crippen molar-refractivity contribution in [3.8, 4) is 0 Å². The van der Waals surface area contributed by atoms with Crippen LogP contribution in [0.25, 0.3) is 11.0 Å². The molecule has 126 valence electrons. The van der Waals surface area contributed by atoms with Crippen LogP contribution in [0.2, 0.25) is 0 Å². The molecule has 0 aliphatic heterocycles. The van der Waals surface area contributed by atoms with Gasteiger partial charge in [-0.3, -0.25) is 0 Å². The topological polar surface area (TPSA) is 86.7 Å². The van der Waals surface area contributed by atoms with E-state index in [-0.39, 0.29) is 5.95 Å². The fraction of sp³-hybridized carbons (Fsp3) is 0.167. The molecule has 0 saturated heterocycles. The van der Waals surface area contributed by atoms with Crippen molar-refractivity contribution in [2.24, 2.45) is 0 Å². The third kappa shape index (κ3) is 3.10. The van der Waals surface area contributed by atoms with Crippen LogP contribution < -0.4 is 5.73 Å². The van der Waals surface area contributed by atoms with E-state index in [9.17, 15) is 4.21 Å². The van der Waals surface area contributed by atoms with Crippen LogP contribution >= 0.6 is 0 Å². The first-order valence-corrected chi connectivity index (χ1v) is 9.12. The summed E-state index contributed by atoms with van der Waals surface area (Å²) in [5.41, 5.74) is 8.26. The zero-order valence-electron chi connectivity index (χ0n) is 13.5. The monoisotopic (exact) mass is 351 g/mol. The second-order valence-electron chi connectivity index (χ2n) is 5.83. The number of fused-ring (bicyclic) bond motifs is 1. The van der Waals surface area contributed by atoms with Gasteiger partial charge >= 0.3 is 0 Å². The smallest absolute Gasteiger partial charge is 0.219 e. The van der Waals surface area contributed by atoms with E-state index in [0.29, 0.717) is 6.42 Å². The lowest BCUT2D eigenvalue weighted by atomic mass is 10.1. The third-order valence-corrected chi connectivity index (χ3v) is 5.54. The number of pyridine rings is 1. The first-order valence-electron chi connectivity index (χ1n) is 8.01. The molecule has 25 heavy (non-hydrogen) atoms. The highest BCUT2D eigenvalue weighted by atomic mass is 32.2. The molecule has 2 N–H and O–H groups in total. The molecule has 0 radical (unpaired) electrons. The van der Waals surface area contributed by atoms with Crippen molar-refractivity contribution in [1.82, 2.24) is 18.9 Å². The molecule has 0 saturated carbocycles. The standard InChI is InChI=1S/C18H17N5OS/c19-18-21-10-13(11-22-18)9-14-12-23(17-16(14)7-4-8-20-17)25(24)15-5-2-1-3-6-15/h1-2,4-5,7-8,10-12H,3,6,9H2,(H2,19,21,22). The first-order chi connectivity index (χ1) is 12.2. The molecular weight excluding hydrogens is 334 g/mol. The fourth-order valence-electron chi connectivity index (χ4n) is 2.89. The van der Waals surface area contributed by atoms with E-state index in [1.165, 1.54) is 0 Å². The Balaban J connectivity index is 1.76. The maximum Gasteiger partial charge on any atom is 0.219 e. The molecule has 0 aromatic carbocycles. The second-order valence-corrected chi connectivity index (χ2v) is 7.25. The highest BCUT2D eigenvalue weighted by Crippen LogP contribution is 2.26. The van der Waals surface area contributed by atoms with Crippen LogP contribution in [-0.4, -0.2) is 23.1 Å². The number of nitrogens with two attached hydrogens (primary N) is 1. The van der Waals surface area contributed by atoms with Gasteiger partial charge in [-0.05, 0) is 42.2 Å². The Kier molecular flexibility index (Phi) is 4.15. The number of nitrogen functional groups attached to an aromatic ring is 1. The van der Waals surface area contributed by atoms with Crippen molar-refractivity contribution < 1.29 is 4.21 Å². The van der Waals surface area contributed by atoms with Gasteiger partial charge < -0.3 is 5.73 Å². The Morgan fingerprint density at radius 3 is 2.84 bits per heavy atom. The van der Waals surface area contributed by atoms with Gasteiger partial charge in [0.25, 0.3) is 0 Å². The lowest BCUT2D eigenvalue weighted by Gasteiger charge is -2.09. The molecule has 6 nitrogen and oxygen atoms in total. The lowest BCUT2D eigenvalue weighted by molar-refractivity contribution is 0.680. The molecule has 0 spiro atoms. The number of anilines is 1. The van der Waals surface area contributed by atoms with E-state index >= 15 is 0 Å². The van der Waals surface area contributed by atoms with E-state index in [4.69, 9.17) is 5.73 Å². The zero-order chi connectivity index (χ0) is 17.2. The Labute approximate surface area is 147 Å². The molecule has 4 rings (SSSR count). The van der Waals surface area contributed by atoms with E-state index in [1.54, 1.807) is 22.6 Å². The van der Waals surface area contributed by atoms with Crippen molar-refractivity contribution in [3.05, 3.63) is 71.2 Å². The van der Waals surface area contributed by atoms with Crippen molar-refractivity contribution in [2.45, 2.75) is 19.3 Å². The molecule has 3 aromatic rings. The summed E-state index contributed by atoms with van der Waals surface area (Å²) in [4.78, 5) is 13.4. The van der Waals surface area contributed by atoms with Crippen molar-refractivity contribution in [3.63, 3.8) is 0 Å². The number of hydrogen-bond donors (Lipinski definition) is 1. The van der Waals surface area contributed by atoms with E-state index in [2.05, 4.69) is 21.0 Å². The van der Waals surface area contributed by atoms with Crippen LogP contribution in [0.1, 0.15) is 24.0 Å². The average molecular weight is 351 g/mol. The molecule has 1 aliphatic carbocycles. The van der Waals surface area contributed by atoms with Crippen LogP contribution in [0.3, 0.4) is 0 Å². The maximum atomic E-state index is 13.0. The van der Waals surface area contributed by atoms with Gasteiger partial charge in [0.15, 0.2) is 16.6 Å². The summed E-state index contributed by atoms with van der Waals surface area (Å²) in [6, 6.07) is 3.89. The molecule has 7 heteroatoms. The quantitative estimate of drug-likeness (QED) is 0.781. The molecule has 1 unspecified atom stereocenters. The number of aromatic nitrogens is 4. The molecular formula is C18H17N5OS. The van der Waals surface area contributed by atoms with Crippen molar-refractivity contribution >= 4 is 28.0 Å². The Hall–Kier alpha value is -2.80. The van der Waals surface area contributed by atoms with Crippen molar-refractivity contribution in [2.75, 3.05) is 5.73 Å². The largest absolute Gasteiger partial charge is 0.368 e. The molecule has 1 atom stereocenters. The van der Waals surface area contributed by atoms with Gasteiger partial charge in [-0.25, -0.2) is 23.1 Å². The average Bonchev–Trinajstić information content (AvgIpc) is 3.02.